The van der Waals surface area contributed by atoms with Crippen molar-refractivity contribution < 1.29 is 14.6 Å². The first-order valence-electron chi connectivity index (χ1n) is 13.5. The van der Waals surface area contributed by atoms with Crippen LogP contribution in [0.5, 0.6) is 0 Å². The van der Waals surface area contributed by atoms with Gasteiger partial charge in [-0.1, -0.05) is 133 Å². The number of aliphatic hydroxyl groups is 1. The van der Waals surface area contributed by atoms with E-state index in [4.69, 9.17) is 4.74 Å². The van der Waals surface area contributed by atoms with Gasteiger partial charge in [0.15, 0.2) is 0 Å². The molecule has 0 heterocycles. The van der Waals surface area contributed by atoms with Crippen LogP contribution in [0.25, 0.3) is 0 Å². The first kappa shape index (κ1) is 30.0. The van der Waals surface area contributed by atoms with Crippen molar-refractivity contribution >= 4 is 18.6 Å². The molecule has 1 aromatic rings. The number of carbonyl (C=O) groups excluding carboxylic acids is 1. The molecule has 0 bridgehead atoms. The number of ether oxygens (including phenoxy) is 1. The quantitative estimate of drug-likeness (QED) is 0.0858. The number of esters is 1. The average Bonchev–Trinajstić information content (AvgIpc) is 2.74. The van der Waals surface area contributed by atoms with Gasteiger partial charge in [-0.3, -0.25) is 0 Å². The van der Waals surface area contributed by atoms with Crippen LogP contribution in [0.1, 0.15) is 126 Å². The Morgan fingerprint density at radius 2 is 1.15 bits per heavy atom. The van der Waals surface area contributed by atoms with Crippen LogP contribution in [-0.4, -0.2) is 22.6 Å². The molecule has 1 rings (SSSR count). The summed E-state index contributed by atoms with van der Waals surface area (Å²) in [6.45, 7) is 6.64. The molecule has 0 fully saturated rings. The molecule has 1 aromatic carbocycles. The number of hydrogen-bond acceptors (Lipinski definition) is 4. The van der Waals surface area contributed by atoms with E-state index in [2.05, 4.69) is 25.6 Å². The number of unbranched alkanes of at least 4 members (excludes halogenated alkanes) is 15. The Balaban J connectivity index is 1.96. The Morgan fingerprint density at radius 1 is 0.758 bits per heavy atom. The van der Waals surface area contributed by atoms with Gasteiger partial charge in [-0.15, -0.1) is 12.6 Å². The number of rotatable bonds is 20. The lowest BCUT2D eigenvalue weighted by molar-refractivity contribution is -0.156. The molecular formula is C29H50O3S. The predicted molar refractivity (Wildman–Crippen MR) is 144 cm³/mol. The lowest BCUT2D eigenvalue weighted by Crippen LogP contribution is -2.36. The van der Waals surface area contributed by atoms with Crippen molar-refractivity contribution in [3.05, 3.63) is 34.9 Å². The zero-order chi connectivity index (χ0) is 24.4. The Kier molecular flexibility index (Phi) is 16.7. The third-order valence-electron chi connectivity index (χ3n) is 6.29. The highest BCUT2D eigenvalue weighted by atomic mass is 32.1. The maximum atomic E-state index is 12.3. The van der Waals surface area contributed by atoms with Gasteiger partial charge in [-0.2, -0.15) is 0 Å². The standard InChI is InChI=1S/C29H50O3S/c1-4-5-6-7-8-9-10-11-12-13-14-15-16-17-18-19-20-32-28(30)29(31,33)24-27-22-25(2)21-26(3)23-27/h21-23,31,33H,4-20,24H2,1-3H3. The molecule has 0 saturated carbocycles. The second-order valence-corrected chi connectivity index (χ2v) is 10.7. The van der Waals surface area contributed by atoms with Gasteiger partial charge < -0.3 is 9.84 Å². The molecule has 3 nitrogen and oxygen atoms in total. The predicted octanol–water partition coefficient (Wildman–Crippen LogP) is 8.27. The second kappa shape index (κ2) is 18.3. The van der Waals surface area contributed by atoms with Crippen molar-refractivity contribution in [3.8, 4) is 0 Å². The fourth-order valence-corrected chi connectivity index (χ4v) is 4.71. The monoisotopic (exact) mass is 478 g/mol. The van der Waals surface area contributed by atoms with Crippen LogP contribution in [0.3, 0.4) is 0 Å². The summed E-state index contributed by atoms with van der Waals surface area (Å²) in [6.07, 6.45) is 21.2. The highest BCUT2D eigenvalue weighted by Gasteiger charge is 2.33. The minimum Gasteiger partial charge on any atom is -0.463 e. The lowest BCUT2D eigenvalue weighted by atomic mass is 10.0. The molecule has 0 amide bonds. The van der Waals surface area contributed by atoms with E-state index >= 15 is 0 Å². The van der Waals surface area contributed by atoms with Crippen molar-refractivity contribution in [1.29, 1.82) is 0 Å². The van der Waals surface area contributed by atoms with Crippen molar-refractivity contribution in [2.75, 3.05) is 6.61 Å². The molecule has 0 aliphatic heterocycles. The number of hydrogen-bond donors (Lipinski definition) is 2. The summed E-state index contributed by atoms with van der Waals surface area (Å²) in [5.41, 5.74) is 3.11. The third kappa shape index (κ3) is 15.5. The Hall–Kier alpha value is -1.00. The van der Waals surface area contributed by atoms with Crippen molar-refractivity contribution in [3.63, 3.8) is 0 Å². The highest BCUT2D eigenvalue weighted by Crippen LogP contribution is 2.22. The van der Waals surface area contributed by atoms with Crippen LogP contribution < -0.4 is 0 Å². The van der Waals surface area contributed by atoms with E-state index in [9.17, 15) is 9.90 Å². The third-order valence-corrected chi connectivity index (χ3v) is 6.63. The number of aryl methyl sites for hydroxylation is 2. The van der Waals surface area contributed by atoms with Crippen LogP contribution >= 0.6 is 12.6 Å². The molecule has 0 aliphatic rings. The van der Waals surface area contributed by atoms with Crippen LogP contribution in [0.15, 0.2) is 18.2 Å². The van der Waals surface area contributed by atoms with Gasteiger partial charge in [0.2, 0.25) is 4.93 Å². The molecule has 0 spiro atoms. The molecule has 1 unspecified atom stereocenters. The van der Waals surface area contributed by atoms with Crippen LogP contribution in [-0.2, 0) is 16.0 Å². The minimum atomic E-state index is -1.78. The van der Waals surface area contributed by atoms with Crippen LogP contribution in [0, 0.1) is 13.8 Å². The van der Waals surface area contributed by atoms with E-state index < -0.39 is 10.9 Å². The van der Waals surface area contributed by atoms with E-state index in [-0.39, 0.29) is 6.42 Å². The summed E-state index contributed by atoms with van der Waals surface area (Å²) >= 11 is 4.18. The van der Waals surface area contributed by atoms with Crippen molar-refractivity contribution in [2.24, 2.45) is 0 Å². The zero-order valence-corrected chi connectivity index (χ0v) is 22.6. The van der Waals surface area contributed by atoms with Gasteiger partial charge in [-0.05, 0) is 25.8 Å². The van der Waals surface area contributed by atoms with Crippen molar-refractivity contribution in [2.45, 2.75) is 135 Å². The van der Waals surface area contributed by atoms with E-state index in [0.717, 1.165) is 29.5 Å². The van der Waals surface area contributed by atoms with E-state index in [0.29, 0.717) is 6.61 Å². The van der Waals surface area contributed by atoms with Gasteiger partial charge in [0.1, 0.15) is 0 Å². The van der Waals surface area contributed by atoms with Crippen LogP contribution in [0.4, 0.5) is 0 Å². The average molecular weight is 479 g/mol. The van der Waals surface area contributed by atoms with Gasteiger partial charge in [0.25, 0.3) is 0 Å². The number of benzene rings is 1. The molecule has 190 valence electrons. The molecule has 0 aromatic heterocycles. The van der Waals surface area contributed by atoms with Crippen molar-refractivity contribution in [1.82, 2.24) is 0 Å². The molecule has 0 aliphatic carbocycles. The van der Waals surface area contributed by atoms with E-state index in [1.807, 2.05) is 26.0 Å². The summed E-state index contributed by atoms with van der Waals surface area (Å²) in [5, 5.41) is 10.4. The molecule has 1 atom stereocenters. The Labute approximate surface area is 209 Å². The summed E-state index contributed by atoms with van der Waals surface area (Å²) < 4.78 is 5.29. The van der Waals surface area contributed by atoms with Gasteiger partial charge >= 0.3 is 5.97 Å². The van der Waals surface area contributed by atoms with E-state index in [1.54, 1.807) is 0 Å². The maximum absolute atomic E-state index is 12.3. The topological polar surface area (TPSA) is 46.5 Å². The van der Waals surface area contributed by atoms with E-state index in [1.165, 1.54) is 89.9 Å². The smallest absolute Gasteiger partial charge is 0.348 e. The molecule has 0 radical (unpaired) electrons. The Morgan fingerprint density at radius 3 is 1.58 bits per heavy atom. The molecule has 0 saturated heterocycles. The summed E-state index contributed by atoms with van der Waals surface area (Å²) in [5.74, 6) is -0.647. The molecule has 33 heavy (non-hydrogen) atoms. The van der Waals surface area contributed by atoms with Crippen LogP contribution in [0.2, 0.25) is 0 Å². The number of carbonyl (C=O) groups is 1. The Bertz CT molecular complexity index is 622. The minimum absolute atomic E-state index is 0.149. The second-order valence-electron chi connectivity index (χ2n) is 9.93. The molecule has 4 heteroatoms. The normalized spacial score (nSPS) is 13.1. The summed E-state index contributed by atoms with van der Waals surface area (Å²) in [6, 6.07) is 6.00. The fourth-order valence-electron chi connectivity index (χ4n) is 4.46. The molecular weight excluding hydrogens is 428 g/mol. The lowest BCUT2D eigenvalue weighted by Gasteiger charge is -2.21. The first-order valence-corrected chi connectivity index (χ1v) is 14.0. The van der Waals surface area contributed by atoms with Gasteiger partial charge in [-0.25, -0.2) is 4.79 Å². The zero-order valence-electron chi connectivity index (χ0n) is 21.7. The largest absolute Gasteiger partial charge is 0.463 e. The highest BCUT2D eigenvalue weighted by molar-refractivity contribution is 7.82. The SMILES string of the molecule is CCCCCCCCCCCCCCCCCCOC(=O)C(O)(S)Cc1cc(C)cc(C)c1. The summed E-state index contributed by atoms with van der Waals surface area (Å²) in [4.78, 5) is 10.5. The summed E-state index contributed by atoms with van der Waals surface area (Å²) in [7, 11) is 0. The molecule has 1 N–H and O–H groups in total. The maximum Gasteiger partial charge on any atom is 0.348 e. The fraction of sp³-hybridized carbons (Fsp3) is 0.759. The van der Waals surface area contributed by atoms with Gasteiger partial charge in [0.05, 0.1) is 6.61 Å². The first-order chi connectivity index (χ1) is 15.8. The number of thiol groups is 1. The van der Waals surface area contributed by atoms with Gasteiger partial charge in [0, 0.05) is 6.42 Å².